The van der Waals surface area contributed by atoms with E-state index in [9.17, 15) is 14.9 Å². The van der Waals surface area contributed by atoms with E-state index in [0.29, 0.717) is 11.3 Å². The molecule has 2 aromatic carbocycles. The highest BCUT2D eigenvalue weighted by atomic mass is 35.5. The van der Waals surface area contributed by atoms with Crippen LogP contribution < -0.4 is 4.74 Å². The normalized spacial score (nSPS) is 10.2. The largest absolute Gasteiger partial charge is 0.453 e. The number of nitro benzene ring substituents is 1. The molecule has 0 N–H and O–H groups in total. The second-order valence-corrected chi connectivity index (χ2v) is 5.15. The Hall–Kier alpha value is -1.82. The standard InChI is InChI=1S/C13H6Cl3NO4/c14-8-1-2-12(7(3-8)6-18)21-13-10(15)4-9(17(19)20)5-11(13)16/h1-6H. The Morgan fingerprint density at radius 2 is 1.71 bits per heavy atom. The molecule has 0 aliphatic heterocycles. The number of nitro groups is 1. The van der Waals surface area contributed by atoms with Crippen LogP contribution >= 0.6 is 34.8 Å². The molecule has 0 aliphatic rings. The molecule has 8 heteroatoms. The number of carbonyl (C=O) groups is 1. The number of halogens is 3. The van der Waals surface area contributed by atoms with Crippen LogP contribution in [-0.2, 0) is 0 Å². The number of rotatable bonds is 4. The van der Waals surface area contributed by atoms with Crippen LogP contribution in [0.5, 0.6) is 11.5 Å². The molecule has 0 aliphatic carbocycles. The molecule has 0 bridgehead atoms. The van der Waals surface area contributed by atoms with Gasteiger partial charge in [0, 0.05) is 17.2 Å². The molecular formula is C13H6Cl3NO4. The van der Waals surface area contributed by atoms with Crippen molar-refractivity contribution >= 4 is 46.8 Å². The van der Waals surface area contributed by atoms with Crippen molar-refractivity contribution in [3.05, 3.63) is 61.1 Å². The van der Waals surface area contributed by atoms with Gasteiger partial charge in [-0.25, -0.2) is 0 Å². The Kier molecular flexibility index (Phi) is 4.67. The summed E-state index contributed by atoms with van der Waals surface area (Å²) in [5, 5.41) is 11.0. The van der Waals surface area contributed by atoms with E-state index in [-0.39, 0.29) is 32.8 Å². The van der Waals surface area contributed by atoms with Crippen LogP contribution in [0.2, 0.25) is 15.1 Å². The first-order valence-electron chi connectivity index (χ1n) is 5.48. The van der Waals surface area contributed by atoms with Gasteiger partial charge in [0.1, 0.15) is 5.75 Å². The number of aldehydes is 1. The lowest BCUT2D eigenvalue weighted by molar-refractivity contribution is -0.384. The zero-order valence-electron chi connectivity index (χ0n) is 10.2. The van der Waals surface area contributed by atoms with Gasteiger partial charge in [0.05, 0.1) is 20.5 Å². The lowest BCUT2D eigenvalue weighted by atomic mass is 10.2. The Balaban J connectivity index is 2.45. The fourth-order valence-electron chi connectivity index (χ4n) is 1.56. The molecule has 0 spiro atoms. The van der Waals surface area contributed by atoms with E-state index < -0.39 is 4.92 Å². The molecule has 2 rings (SSSR count). The van der Waals surface area contributed by atoms with E-state index >= 15 is 0 Å². The summed E-state index contributed by atoms with van der Waals surface area (Å²) in [5.41, 5.74) is -0.0583. The van der Waals surface area contributed by atoms with Gasteiger partial charge < -0.3 is 4.74 Å². The van der Waals surface area contributed by atoms with Gasteiger partial charge in [0.15, 0.2) is 12.0 Å². The van der Waals surface area contributed by atoms with E-state index in [1.165, 1.54) is 18.2 Å². The second-order valence-electron chi connectivity index (χ2n) is 3.90. The van der Waals surface area contributed by atoms with E-state index in [2.05, 4.69) is 0 Å². The number of nitrogens with zero attached hydrogens (tertiary/aromatic N) is 1. The first kappa shape index (κ1) is 15.6. The van der Waals surface area contributed by atoms with Gasteiger partial charge in [-0.05, 0) is 18.2 Å². The Morgan fingerprint density at radius 3 is 2.24 bits per heavy atom. The van der Waals surface area contributed by atoms with Gasteiger partial charge >= 0.3 is 0 Å². The fourth-order valence-corrected chi connectivity index (χ4v) is 2.30. The van der Waals surface area contributed by atoms with Crippen molar-refractivity contribution in [2.24, 2.45) is 0 Å². The smallest absolute Gasteiger partial charge is 0.272 e. The van der Waals surface area contributed by atoms with Crippen molar-refractivity contribution < 1.29 is 14.5 Å². The van der Waals surface area contributed by atoms with E-state index in [1.807, 2.05) is 0 Å². The molecular weight excluding hydrogens is 341 g/mol. The number of hydrogen-bond acceptors (Lipinski definition) is 4. The fraction of sp³-hybridized carbons (Fsp3) is 0. The molecule has 0 amide bonds. The molecule has 0 atom stereocenters. The highest BCUT2D eigenvalue weighted by Gasteiger charge is 2.17. The number of hydrogen-bond donors (Lipinski definition) is 0. The summed E-state index contributed by atoms with van der Waals surface area (Å²) >= 11 is 17.6. The maximum atomic E-state index is 11.0. The van der Waals surface area contributed by atoms with Gasteiger partial charge in [-0.15, -0.1) is 0 Å². The lowest BCUT2D eigenvalue weighted by Crippen LogP contribution is -1.94. The summed E-state index contributed by atoms with van der Waals surface area (Å²) in [7, 11) is 0. The minimum absolute atomic E-state index is 0.0226. The van der Waals surface area contributed by atoms with Crippen molar-refractivity contribution in [1.82, 2.24) is 0 Å². The molecule has 0 heterocycles. The monoisotopic (exact) mass is 345 g/mol. The van der Waals surface area contributed by atoms with Gasteiger partial charge in [-0.3, -0.25) is 14.9 Å². The average Bonchev–Trinajstić information content (AvgIpc) is 2.43. The number of ether oxygens (including phenoxy) is 1. The number of benzene rings is 2. The maximum absolute atomic E-state index is 11.0. The summed E-state index contributed by atoms with van der Waals surface area (Å²) in [5.74, 6) is 0.210. The Labute approximate surface area is 134 Å². The predicted molar refractivity (Wildman–Crippen MR) is 80.0 cm³/mol. The van der Waals surface area contributed by atoms with Crippen LogP contribution in [0.3, 0.4) is 0 Å². The van der Waals surface area contributed by atoms with E-state index in [4.69, 9.17) is 39.5 Å². The van der Waals surface area contributed by atoms with E-state index in [0.717, 1.165) is 12.1 Å². The van der Waals surface area contributed by atoms with Crippen LogP contribution in [0.4, 0.5) is 5.69 Å². The molecule has 0 aromatic heterocycles. The molecule has 108 valence electrons. The van der Waals surface area contributed by atoms with Crippen LogP contribution in [0.25, 0.3) is 0 Å². The summed E-state index contributed by atoms with van der Waals surface area (Å²) in [6, 6.07) is 6.63. The maximum Gasteiger partial charge on any atom is 0.272 e. The van der Waals surface area contributed by atoms with E-state index in [1.54, 1.807) is 0 Å². The SMILES string of the molecule is O=Cc1cc(Cl)ccc1Oc1c(Cl)cc([N+](=O)[O-])cc1Cl. The topological polar surface area (TPSA) is 69.4 Å². The molecule has 0 fully saturated rings. The summed E-state index contributed by atoms with van der Waals surface area (Å²) in [6.07, 6.45) is 0.564. The summed E-state index contributed by atoms with van der Waals surface area (Å²) in [4.78, 5) is 21.1. The highest BCUT2D eigenvalue weighted by Crippen LogP contribution is 2.40. The summed E-state index contributed by atoms with van der Waals surface area (Å²) in [6.45, 7) is 0. The number of carbonyl (C=O) groups excluding carboxylic acids is 1. The summed E-state index contributed by atoms with van der Waals surface area (Å²) < 4.78 is 5.48. The molecule has 2 aromatic rings. The van der Waals surface area contributed by atoms with Crippen LogP contribution in [0.15, 0.2) is 30.3 Å². The highest BCUT2D eigenvalue weighted by molar-refractivity contribution is 6.37. The van der Waals surface area contributed by atoms with Gasteiger partial charge in [0.2, 0.25) is 0 Å². The molecule has 0 radical (unpaired) electrons. The quantitative estimate of drug-likeness (QED) is 0.435. The Bertz CT molecular complexity index is 710. The predicted octanol–water partition coefficient (Wildman–Crippen LogP) is 5.16. The number of non-ortho nitro benzene ring substituents is 1. The van der Waals surface area contributed by atoms with Crippen molar-refractivity contribution in [1.29, 1.82) is 0 Å². The lowest BCUT2D eigenvalue weighted by Gasteiger charge is -2.11. The van der Waals surface area contributed by atoms with Crippen LogP contribution in [0.1, 0.15) is 10.4 Å². The van der Waals surface area contributed by atoms with Crippen molar-refractivity contribution in [3.8, 4) is 11.5 Å². The van der Waals surface area contributed by atoms with Crippen molar-refractivity contribution in [3.63, 3.8) is 0 Å². The average molecular weight is 347 g/mol. The van der Waals surface area contributed by atoms with Gasteiger partial charge in [0.25, 0.3) is 5.69 Å². The molecule has 0 saturated heterocycles. The second kappa shape index (κ2) is 6.30. The van der Waals surface area contributed by atoms with Crippen molar-refractivity contribution in [2.75, 3.05) is 0 Å². The molecule has 5 nitrogen and oxygen atoms in total. The van der Waals surface area contributed by atoms with Crippen LogP contribution in [0, 0.1) is 10.1 Å². The molecule has 0 saturated carbocycles. The first-order chi connectivity index (χ1) is 9.92. The van der Waals surface area contributed by atoms with Gasteiger partial charge in [-0.2, -0.15) is 0 Å². The molecule has 0 unspecified atom stereocenters. The van der Waals surface area contributed by atoms with Crippen LogP contribution in [-0.4, -0.2) is 11.2 Å². The molecule has 21 heavy (non-hydrogen) atoms. The van der Waals surface area contributed by atoms with Crippen molar-refractivity contribution in [2.45, 2.75) is 0 Å². The minimum Gasteiger partial charge on any atom is -0.453 e. The third kappa shape index (κ3) is 3.44. The minimum atomic E-state index is -0.624. The first-order valence-corrected chi connectivity index (χ1v) is 6.61. The zero-order chi connectivity index (χ0) is 15.6. The third-order valence-electron chi connectivity index (χ3n) is 2.50. The van der Waals surface area contributed by atoms with Gasteiger partial charge in [-0.1, -0.05) is 34.8 Å². The third-order valence-corrected chi connectivity index (χ3v) is 3.30. The Morgan fingerprint density at radius 1 is 1.10 bits per heavy atom. The zero-order valence-corrected chi connectivity index (χ0v) is 12.4.